The highest BCUT2D eigenvalue weighted by Crippen LogP contribution is 2.25. The van der Waals surface area contributed by atoms with Gasteiger partial charge in [-0.3, -0.25) is 10.1 Å². The van der Waals surface area contributed by atoms with Gasteiger partial charge in [0.15, 0.2) is 0 Å². The topological polar surface area (TPSA) is 81.0 Å². The van der Waals surface area contributed by atoms with Crippen LogP contribution in [0.3, 0.4) is 0 Å². The van der Waals surface area contributed by atoms with Gasteiger partial charge < -0.3 is 5.32 Å². The van der Waals surface area contributed by atoms with E-state index in [2.05, 4.69) is 15.3 Å². The van der Waals surface area contributed by atoms with E-state index in [1.807, 2.05) is 26.0 Å². The van der Waals surface area contributed by atoms with Crippen molar-refractivity contribution in [2.24, 2.45) is 0 Å². The molecule has 3 rings (SSSR count). The first-order valence-electron chi connectivity index (χ1n) is 6.77. The number of benzene rings is 1. The highest BCUT2D eigenvalue weighted by molar-refractivity contribution is 7.18. The Morgan fingerprint density at radius 3 is 2.95 bits per heavy atom. The van der Waals surface area contributed by atoms with E-state index in [4.69, 9.17) is 0 Å². The molecule has 0 fully saturated rings. The second-order valence-electron chi connectivity index (χ2n) is 5.02. The third-order valence-corrected chi connectivity index (χ3v) is 4.24. The van der Waals surface area contributed by atoms with Crippen LogP contribution in [0.2, 0.25) is 0 Å². The van der Waals surface area contributed by atoms with Gasteiger partial charge in [0, 0.05) is 17.0 Å². The molecule has 0 saturated carbocycles. The van der Waals surface area contributed by atoms with E-state index in [1.54, 1.807) is 29.7 Å². The molecule has 2 heterocycles. The Hall–Kier alpha value is -2.54. The predicted molar refractivity (Wildman–Crippen MR) is 87.3 cm³/mol. The molecule has 22 heavy (non-hydrogen) atoms. The molecule has 0 aliphatic carbocycles. The zero-order valence-corrected chi connectivity index (χ0v) is 12.9. The van der Waals surface area contributed by atoms with Gasteiger partial charge in [0.1, 0.15) is 16.2 Å². The second kappa shape index (κ2) is 5.69. The lowest BCUT2D eigenvalue weighted by Gasteiger charge is -2.14. The maximum atomic E-state index is 10.8. The minimum Gasteiger partial charge on any atom is -0.362 e. The number of thiophene rings is 1. The second-order valence-corrected chi connectivity index (χ2v) is 6.26. The first-order chi connectivity index (χ1) is 10.5. The molecule has 0 aliphatic rings. The average molecular weight is 314 g/mol. The van der Waals surface area contributed by atoms with Crippen LogP contribution in [0.1, 0.15) is 23.4 Å². The van der Waals surface area contributed by atoms with E-state index < -0.39 is 4.92 Å². The number of aryl methyl sites for hydroxylation is 1. The number of hydrogen-bond donors (Lipinski definition) is 1. The SMILES string of the molecule is Cc1cc2ncc(N[C@@H](C)c3cccc([N+](=O)[O-])c3)nc2s1. The van der Waals surface area contributed by atoms with Crippen LogP contribution in [0.5, 0.6) is 0 Å². The van der Waals surface area contributed by atoms with Gasteiger partial charge in [-0.25, -0.2) is 9.97 Å². The molecule has 0 amide bonds. The van der Waals surface area contributed by atoms with Gasteiger partial charge in [-0.1, -0.05) is 12.1 Å². The minimum absolute atomic E-state index is 0.0848. The van der Waals surface area contributed by atoms with Crippen molar-refractivity contribution in [1.82, 2.24) is 9.97 Å². The summed E-state index contributed by atoms with van der Waals surface area (Å²) < 4.78 is 0. The maximum Gasteiger partial charge on any atom is 0.269 e. The van der Waals surface area contributed by atoms with Crippen LogP contribution in [-0.4, -0.2) is 14.9 Å². The first kappa shape index (κ1) is 14.4. The lowest BCUT2D eigenvalue weighted by atomic mass is 10.1. The van der Waals surface area contributed by atoms with Crippen molar-refractivity contribution in [1.29, 1.82) is 0 Å². The summed E-state index contributed by atoms with van der Waals surface area (Å²) in [6.45, 7) is 3.96. The lowest BCUT2D eigenvalue weighted by Crippen LogP contribution is -2.08. The summed E-state index contributed by atoms with van der Waals surface area (Å²) >= 11 is 1.59. The summed E-state index contributed by atoms with van der Waals surface area (Å²) in [4.78, 5) is 21.4. The van der Waals surface area contributed by atoms with Gasteiger partial charge in [-0.15, -0.1) is 11.3 Å². The number of rotatable bonds is 4. The highest BCUT2D eigenvalue weighted by atomic mass is 32.1. The Balaban J connectivity index is 1.84. The Bertz CT molecular complexity index is 846. The number of nitrogens with one attached hydrogen (secondary N) is 1. The maximum absolute atomic E-state index is 10.8. The number of fused-ring (bicyclic) bond motifs is 1. The van der Waals surface area contributed by atoms with Crippen LogP contribution in [0.4, 0.5) is 11.5 Å². The summed E-state index contributed by atoms with van der Waals surface area (Å²) in [5.41, 5.74) is 1.80. The van der Waals surface area contributed by atoms with Crippen LogP contribution in [-0.2, 0) is 0 Å². The van der Waals surface area contributed by atoms with Crippen molar-refractivity contribution in [3.63, 3.8) is 0 Å². The van der Waals surface area contributed by atoms with Crippen molar-refractivity contribution in [3.05, 3.63) is 57.1 Å². The number of nitrogens with zero attached hydrogens (tertiary/aromatic N) is 3. The third kappa shape index (κ3) is 2.89. The van der Waals surface area contributed by atoms with E-state index in [-0.39, 0.29) is 11.7 Å². The molecule has 7 heteroatoms. The molecule has 0 bridgehead atoms. The molecular weight excluding hydrogens is 300 g/mol. The molecule has 0 spiro atoms. The zero-order valence-electron chi connectivity index (χ0n) is 12.1. The lowest BCUT2D eigenvalue weighted by molar-refractivity contribution is -0.384. The van der Waals surface area contributed by atoms with Crippen LogP contribution >= 0.6 is 11.3 Å². The molecule has 0 saturated heterocycles. The summed E-state index contributed by atoms with van der Waals surface area (Å²) in [6, 6.07) is 8.48. The molecule has 1 atom stereocenters. The number of non-ortho nitro benzene ring substituents is 1. The molecule has 112 valence electrons. The summed E-state index contributed by atoms with van der Waals surface area (Å²) in [6.07, 6.45) is 1.68. The standard InChI is InChI=1S/C15H14N4O2S/c1-9-6-13-15(22-9)18-14(8-16-13)17-10(2)11-4-3-5-12(7-11)19(20)21/h3-8,10H,1-2H3,(H,17,18)/t10-/m0/s1. The molecule has 1 N–H and O–H groups in total. The fraction of sp³-hybridized carbons (Fsp3) is 0.200. The molecule has 0 radical (unpaired) electrons. The molecule has 6 nitrogen and oxygen atoms in total. The van der Waals surface area contributed by atoms with Crippen LogP contribution < -0.4 is 5.32 Å². The Morgan fingerprint density at radius 2 is 2.18 bits per heavy atom. The van der Waals surface area contributed by atoms with E-state index >= 15 is 0 Å². The van der Waals surface area contributed by atoms with E-state index in [0.717, 1.165) is 15.9 Å². The Morgan fingerprint density at radius 1 is 1.36 bits per heavy atom. The van der Waals surface area contributed by atoms with Gasteiger partial charge >= 0.3 is 0 Å². The van der Waals surface area contributed by atoms with Gasteiger partial charge in [0.25, 0.3) is 5.69 Å². The van der Waals surface area contributed by atoms with Crippen molar-refractivity contribution < 1.29 is 4.92 Å². The van der Waals surface area contributed by atoms with E-state index in [0.29, 0.717) is 5.82 Å². The van der Waals surface area contributed by atoms with Crippen molar-refractivity contribution in [3.8, 4) is 0 Å². The first-order valence-corrected chi connectivity index (χ1v) is 7.58. The average Bonchev–Trinajstić information content (AvgIpc) is 2.86. The summed E-state index contributed by atoms with van der Waals surface area (Å²) in [5, 5.41) is 14.1. The van der Waals surface area contributed by atoms with E-state index in [1.165, 1.54) is 10.9 Å². The molecule has 0 aliphatic heterocycles. The fourth-order valence-electron chi connectivity index (χ4n) is 2.21. The van der Waals surface area contributed by atoms with Gasteiger partial charge in [0.05, 0.1) is 17.2 Å². The summed E-state index contributed by atoms with van der Waals surface area (Å²) in [7, 11) is 0. The number of anilines is 1. The minimum atomic E-state index is -0.392. The van der Waals surface area contributed by atoms with Gasteiger partial charge in [0.2, 0.25) is 0 Å². The van der Waals surface area contributed by atoms with Gasteiger partial charge in [-0.2, -0.15) is 0 Å². The van der Waals surface area contributed by atoms with Crippen molar-refractivity contribution >= 4 is 33.2 Å². The van der Waals surface area contributed by atoms with E-state index in [9.17, 15) is 10.1 Å². The highest BCUT2D eigenvalue weighted by Gasteiger charge is 2.12. The monoisotopic (exact) mass is 314 g/mol. The smallest absolute Gasteiger partial charge is 0.269 e. The molecule has 0 unspecified atom stereocenters. The number of nitro benzene ring substituents is 1. The molecular formula is C15H14N4O2S. The van der Waals surface area contributed by atoms with Crippen LogP contribution in [0.15, 0.2) is 36.5 Å². The van der Waals surface area contributed by atoms with Crippen molar-refractivity contribution in [2.75, 3.05) is 5.32 Å². The normalized spacial score (nSPS) is 12.3. The van der Waals surface area contributed by atoms with Crippen molar-refractivity contribution in [2.45, 2.75) is 19.9 Å². The molecule has 1 aromatic carbocycles. The molecule has 3 aromatic rings. The number of aromatic nitrogens is 2. The fourth-order valence-corrected chi connectivity index (χ4v) is 3.05. The number of hydrogen-bond acceptors (Lipinski definition) is 6. The third-order valence-electron chi connectivity index (χ3n) is 3.31. The van der Waals surface area contributed by atoms with Gasteiger partial charge in [-0.05, 0) is 25.5 Å². The Kier molecular flexibility index (Phi) is 3.72. The Labute approximate surface area is 131 Å². The van der Waals surface area contributed by atoms with Crippen LogP contribution in [0, 0.1) is 17.0 Å². The summed E-state index contributed by atoms with van der Waals surface area (Å²) in [5.74, 6) is 0.661. The predicted octanol–water partition coefficient (Wildman–Crippen LogP) is 4.08. The van der Waals surface area contributed by atoms with Crippen LogP contribution in [0.25, 0.3) is 10.3 Å². The quantitative estimate of drug-likeness (QED) is 0.579. The zero-order chi connectivity index (χ0) is 15.7. The largest absolute Gasteiger partial charge is 0.362 e. The number of nitro groups is 1. The molecule has 2 aromatic heterocycles.